The summed E-state index contributed by atoms with van der Waals surface area (Å²) in [5, 5.41) is 2.72. The van der Waals surface area contributed by atoms with Gasteiger partial charge in [-0.2, -0.15) is 0 Å². The molecule has 0 saturated heterocycles. The van der Waals surface area contributed by atoms with Gasteiger partial charge in [-0.15, -0.1) is 0 Å². The van der Waals surface area contributed by atoms with Crippen LogP contribution in [0.15, 0.2) is 30.5 Å². The van der Waals surface area contributed by atoms with Crippen LogP contribution in [0.5, 0.6) is 11.5 Å². The van der Waals surface area contributed by atoms with Gasteiger partial charge in [-0.1, -0.05) is 13.8 Å². The summed E-state index contributed by atoms with van der Waals surface area (Å²) in [7, 11) is 0. The Labute approximate surface area is 153 Å². The SMILES string of the molecule is CC(=O)Nc1cc2c(cn1)COc1cc(OC[C@H](N)CC(C)C)ccc1-2. The molecule has 1 aromatic heterocycles. The molecular weight excluding hydrogens is 330 g/mol. The van der Waals surface area contributed by atoms with Gasteiger partial charge in [0, 0.05) is 36.4 Å². The number of benzene rings is 1. The quantitative estimate of drug-likeness (QED) is 0.830. The fraction of sp³-hybridized carbons (Fsp3) is 0.400. The first kappa shape index (κ1) is 18.2. The Morgan fingerprint density at radius 3 is 2.88 bits per heavy atom. The maximum Gasteiger partial charge on any atom is 0.222 e. The molecule has 0 bridgehead atoms. The molecule has 0 aliphatic carbocycles. The van der Waals surface area contributed by atoms with Crippen molar-refractivity contribution < 1.29 is 14.3 Å². The van der Waals surface area contributed by atoms with E-state index in [0.717, 1.165) is 34.6 Å². The summed E-state index contributed by atoms with van der Waals surface area (Å²) < 4.78 is 11.7. The van der Waals surface area contributed by atoms with Gasteiger partial charge in [-0.3, -0.25) is 4.79 Å². The molecule has 0 fully saturated rings. The number of nitrogens with zero attached hydrogens (tertiary/aromatic N) is 1. The van der Waals surface area contributed by atoms with Gasteiger partial charge >= 0.3 is 0 Å². The zero-order chi connectivity index (χ0) is 18.7. The third-order valence-electron chi connectivity index (χ3n) is 4.16. The molecule has 0 radical (unpaired) electrons. The molecule has 0 unspecified atom stereocenters. The predicted molar refractivity (Wildman–Crippen MR) is 101 cm³/mol. The third kappa shape index (κ3) is 4.32. The van der Waals surface area contributed by atoms with Gasteiger partial charge in [-0.05, 0) is 36.1 Å². The van der Waals surface area contributed by atoms with Gasteiger partial charge in [0.15, 0.2) is 0 Å². The van der Waals surface area contributed by atoms with Crippen LogP contribution in [0, 0.1) is 5.92 Å². The van der Waals surface area contributed by atoms with Crippen molar-refractivity contribution in [3.8, 4) is 22.6 Å². The maximum atomic E-state index is 11.3. The first-order valence-corrected chi connectivity index (χ1v) is 8.84. The fourth-order valence-corrected chi connectivity index (χ4v) is 3.06. The normalized spacial score (nSPS) is 13.4. The molecule has 1 aliphatic rings. The molecule has 2 aromatic rings. The van der Waals surface area contributed by atoms with Gasteiger partial charge in [0.1, 0.15) is 30.5 Å². The molecule has 0 saturated carbocycles. The second-order valence-electron chi connectivity index (χ2n) is 7.06. The molecule has 0 spiro atoms. The smallest absolute Gasteiger partial charge is 0.222 e. The second kappa shape index (κ2) is 7.74. The van der Waals surface area contributed by atoms with Crippen LogP contribution in [-0.4, -0.2) is 23.5 Å². The molecule has 138 valence electrons. The van der Waals surface area contributed by atoms with Crippen LogP contribution < -0.4 is 20.5 Å². The van der Waals surface area contributed by atoms with Crippen LogP contribution in [0.1, 0.15) is 32.8 Å². The van der Waals surface area contributed by atoms with E-state index in [0.29, 0.717) is 24.9 Å². The molecule has 1 aliphatic heterocycles. The number of fused-ring (bicyclic) bond motifs is 3. The van der Waals surface area contributed by atoms with Gasteiger partial charge < -0.3 is 20.5 Å². The molecule has 1 amide bonds. The minimum Gasteiger partial charge on any atom is -0.492 e. The zero-order valence-electron chi connectivity index (χ0n) is 15.4. The Balaban J connectivity index is 1.78. The van der Waals surface area contributed by atoms with Crippen LogP contribution in [0.2, 0.25) is 0 Å². The van der Waals surface area contributed by atoms with E-state index >= 15 is 0 Å². The van der Waals surface area contributed by atoms with Crippen molar-refractivity contribution >= 4 is 11.7 Å². The Hall–Kier alpha value is -2.60. The van der Waals surface area contributed by atoms with Gasteiger partial charge in [0.25, 0.3) is 0 Å². The van der Waals surface area contributed by atoms with Gasteiger partial charge in [0.2, 0.25) is 5.91 Å². The van der Waals surface area contributed by atoms with Gasteiger partial charge in [-0.25, -0.2) is 4.98 Å². The summed E-state index contributed by atoms with van der Waals surface area (Å²) in [6.45, 7) is 6.67. The van der Waals surface area contributed by atoms with Crippen molar-refractivity contribution in [3.63, 3.8) is 0 Å². The topological polar surface area (TPSA) is 86.5 Å². The van der Waals surface area contributed by atoms with Crippen molar-refractivity contribution in [2.75, 3.05) is 11.9 Å². The summed E-state index contributed by atoms with van der Waals surface area (Å²) in [6, 6.07) is 7.65. The largest absolute Gasteiger partial charge is 0.492 e. The van der Waals surface area contributed by atoms with E-state index in [1.54, 1.807) is 6.20 Å². The molecule has 6 heteroatoms. The Kier molecular flexibility index (Phi) is 5.42. The number of ether oxygens (including phenoxy) is 2. The lowest BCUT2D eigenvalue weighted by Gasteiger charge is -2.22. The second-order valence-corrected chi connectivity index (χ2v) is 7.06. The lowest BCUT2D eigenvalue weighted by molar-refractivity contribution is -0.114. The molecule has 1 aromatic carbocycles. The summed E-state index contributed by atoms with van der Waals surface area (Å²) >= 11 is 0. The lowest BCUT2D eigenvalue weighted by Crippen LogP contribution is -2.29. The Morgan fingerprint density at radius 2 is 2.15 bits per heavy atom. The van der Waals surface area contributed by atoms with Crippen molar-refractivity contribution in [1.82, 2.24) is 4.98 Å². The van der Waals surface area contributed by atoms with E-state index in [9.17, 15) is 4.79 Å². The van der Waals surface area contributed by atoms with E-state index in [-0.39, 0.29) is 11.9 Å². The van der Waals surface area contributed by atoms with Crippen LogP contribution in [0.4, 0.5) is 5.82 Å². The van der Waals surface area contributed by atoms with Crippen LogP contribution in [0.3, 0.4) is 0 Å². The first-order valence-electron chi connectivity index (χ1n) is 8.84. The Morgan fingerprint density at radius 1 is 1.35 bits per heavy atom. The zero-order valence-corrected chi connectivity index (χ0v) is 15.4. The van der Waals surface area contributed by atoms with E-state index < -0.39 is 0 Å². The lowest BCUT2D eigenvalue weighted by atomic mass is 9.98. The molecule has 3 rings (SSSR count). The molecule has 6 nitrogen and oxygen atoms in total. The number of hydrogen-bond acceptors (Lipinski definition) is 5. The number of amides is 1. The van der Waals surface area contributed by atoms with Gasteiger partial charge in [0.05, 0.1) is 0 Å². The number of nitrogens with one attached hydrogen (secondary N) is 1. The monoisotopic (exact) mass is 355 g/mol. The minimum absolute atomic E-state index is 0.0129. The molecule has 2 heterocycles. The summed E-state index contributed by atoms with van der Waals surface area (Å²) in [5.74, 6) is 2.42. The standard InChI is InChI=1S/C20H25N3O3/c1-12(2)6-15(21)11-25-16-4-5-17-18-8-20(23-13(3)24)22-9-14(18)10-26-19(17)7-16/h4-5,7-9,12,15H,6,10-11,21H2,1-3H3,(H,22,23,24)/t15-/m1/s1. The molecule has 26 heavy (non-hydrogen) atoms. The average Bonchev–Trinajstić information content (AvgIpc) is 2.58. The van der Waals surface area contributed by atoms with Crippen molar-refractivity contribution in [1.29, 1.82) is 0 Å². The highest BCUT2D eigenvalue weighted by Gasteiger charge is 2.19. The minimum atomic E-state index is -0.147. The number of nitrogens with two attached hydrogens (primary N) is 1. The molecule has 1 atom stereocenters. The van der Waals surface area contributed by atoms with E-state index in [1.807, 2.05) is 24.3 Å². The average molecular weight is 355 g/mol. The number of aromatic nitrogens is 1. The number of hydrogen-bond donors (Lipinski definition) is 2. The van der Waals surface area contributed by atoms with E-state index in [2.05, 4.69) is 24.1 Å². The third-order valence-corrected chi connectivity index (χ3v) is 4.16. The predicted octanol–water partition coefficient (Wildman–Crippen LogP) is 3.35. The number of carbonyl (C=O) groups excluding carboxylic acids is 1. The number of carbonyl (C=O) groups is 1. The summed E-state index contributed by atoms with van der Waals surface area (Å²) in [4.78, 5) is 15.5. The number of pyridine rings is 1. The first-order chi connectivity index (χ1) is 12.4. The van der Waals surface area contributed by atoms with Crippen molar-refractivity contribution in [3.05, 3.63) is 36.0 Å². The highest BCUT2D eigenvalue weighted by molar-refractivity contribution is 5.89. The van der Waals surface area contributed by atoms with E-state index in [4.69, 9.17) is 15.2 Å². The van der Waals surface area contributed by atoms with Crippen molar-refractivity contribution in [2.45, 2.75) is 39.8 Å². The van der Waals surface area contributed by atoms with Crippen molar-refractivity contribution in [2.24, 2.45) is 11.7 Å². The summed E-state index contributed by atoms with van der Waals surface area (Å²) in [6.07, 6.45) is 2.66. The fourth-order valence-electron chi connectivity index (χ4n) is 3.06. The maximum absolute atomic E-state index is 11.3. The molecular formula is C20H25N3O3. The number of rotatable bonds is 6. The van der Waals surface area contributed by atoms with Crippen LogP contribution >= 0.6 is 0 Å². The summed E-state index contributed by atoms with van der Waals surface area (Å²) in [5.41, 5.74) is 9.03. The van der Waals surface area contributed by atoms with Crippen LogP contribution in [-0.2, 0) is 11.4 Å². The molecule has 3 N–H and O–H groups in total. The number of anilines is 1. The highest BCUT2D eigenvalue weighted by Crippen LogP contribution is 2.40. The Bertz CT molecular complexity index is 805. The highest BCUT2D eigenvalue weighted by atomic mass is 16.5. The van der Waals surface area contributed by atoms with Crippen LogP contribution in [0.25, 0.3) is 11.1 Å². The van der Waals surface area contributed by atoms with E-state index in [1.165, 1.54) is 6.92 Å².